The molecule has 0 bridgehead atoms. The number of carbonyl (C=O) groups is 1. The van der Waals surface area contributed by atoms with Crippen LogP contribution in [0, 0.1) is 5.82 Å². The topological polar surface area (TPSA) is 54.5 Å². The number of Topliss-reactive ketones (excluding diaryl/α,β-unsaturated/α-hetero) is 1. The van der Waals surface area contributed by atoms with Gasteiger partial charge in [-0.1, -0.05) is 12.1 Å². The lowest BCUT2D eigenvalue weighted by Gasteiger charge is -2.30. The first-order chi connectivity index (χ1) is 10.9. The van der Waals surface area contributed by atoms with E-state index in [1.807, 2.05) is 0 Å². The molecule has 0 fully saturated rings. The molecule has 120 valence electrons. The Bertz CT molecular complexity index is 860. The van der Waals surface area contributed by atoms with Crippen molar-refractivity contribution >= 4 is 21.5 Å². The van der Waals surface area contributed by atoms with E-state index < -0.39 is 15.8 Å². The monoisotopic (exact) mass is 333 g/mol. The lowest BCUT2D eigenvalue weighted by molar-refractivity contribution is 0.101. The van der Waals surface area contributed by atoms with Crippen LogP contribution < -0.4 is 4.31 Å². The number of benzene rings is 2. The second-order valence-corrected chi connectivity index (χ2v) is 7.40. The molecule has 0 aliphatic carbocycles. The molecule has 2 aromatic rings. The first-order valence-corrected chi connectivity index (χ1v) is 8.76. The second kappa shape index (κ2) is 5.77. The van der Waals surface area contributed by atoms with Gasteiger partial charge < -0.3 is 0 Å². The van der Waals surface area contributed by atoms with Gasteiger partial charge >= 0.3 is 0 Å². The molecular weight excluding hydrogens is 317 g/mol. The first kappa shape index (κ1) is 15.7. The van der Waals surface area contributed by atoms with Crippen molar-refractivity contribution in [1.29, 1.82) is 0 Å². The van der Waals surface area contributed by atoms with E-state index in [0.29, 0.717) is 24.2 Å². The van der Waals surface area contributed by atoms with Gasteiger partial charge in [-0.3, -0.25) is 9.10 Å². The average Bonchev–Trinajstić information content (AvgIpc) is 2.54. The van der Waals surface area contributed by atoms with Crippen LogP contribution in [0.3, 0.4) is 0 Å². The molecule has 0 saturated carbocycles. The molecule has 1 aliphatic heterocycles. The Morgan fingerprint density at radius 1 is 1.13 bits per heavy atom. The molecule has 0 saturated heterocycles. The van der Waals surface area contributed by atoms with Gasteiger partial charge in [-0.25, -0.2) is 12.8 Å². The Labute approximate surface area is 134 Å². The first-order valence-electron chi connectivity index (χ1n) is 7.32. The number of carbonyl (C=O) groups excluding carboxylic acids is 1. The quantitative estimate of drug-likeness (QED) is 0.811. The number of hydrogen-bond acceptors (Lipinski definition) is 3. The fraction of sp³-hybridized carbons (Fsp3) is 0.235. The van der Waals surface area contributed by atoms with Crippen molar-refractivity contribution in [3.63, 3.8) is 0 Å². The summed E-state index contributed by atoms with van der Waals surface area (Å²) in [5, 5.41) is 0. The van der Waals surface area contributed by atoms with Gasteiger partial charge in [0.2, 0.25) is 0 Å². The van der Waals surface area contributed by atoms with Crippen LogP contribution in [0.1, 0.15) is 29.3 Å². The number of hydrogen-bond donors (Lipinski definition) is 0. The summed E-state index contributed by atoms with van der Waals surface area (Å²) in [5.74, 6) is -0.598. The van der Waals surface area contributed by atoms with E-state index in [0.717, 1.165) is 24.1 Å². The molecule has 2 aromatic carbocycles. The number of ketones is 1. The second-order valence-electron chi connectivity index (χ2n) is 5.53. The van der Waals surface area contributed by atoms with E-state index in [1.165, 1.54) is 23.4 Å². The maximum absolute atomic E-state index is 13.1. The van der Waals surface area contributed by atoms with Gasteiger partial charge in [-0.15, -0.1) is 0 Å². The Balaban J connectivity index is 2.10. The summed E-state index contributed by atoms with van der Waals surface area (Å²) < 4.78 is 40.1. The maximum atomic E-state index is 13.1. The Morgan fingerprint density at radius 3 is 2.48 bits per heavy atom. The van der Waals surface area contributed by atoms with Crippen LogP contribution >= 0.6 is 0 Å². The molecule has 1 aliphatic rings. The molecule has 0 unspecified atom stereocenters. The van der Waals surface area contributed by atoms with Crippen molar-refractivity contribution in [2.24, 2.45) is 0 Å². The third kappa shape index (κ3) is 2.86. The smallest absolute Gasteiger partial charge is 0.264 e. The summed E-state index contributed by atoms with van der Waals surface area (Å²) in [6.07, 6.45) is 1.47. The standard InChI is InChI=1S/C17H16FNO3S/c1-12(20)14-5-4-13-3-2-10-19(17(13)11-14)23(21,22)16-8-6-15(18)7-9-16/h4-9,11H,2-3,10H2,1H3. The molecule has 1 heterocycles. The lowest BCUT2D eigenvalue weighted by Crippen LogP contribution is -2.35. The molecule has 0 aromatic heterocycles. The molecule has 23 heavy (non-hydrogen) atoms. The van der Waals surface area contributed by atoms with Crippen molar-refractivity contribution in [3.05, 3.63) is 59.4 Å². The van der Waals surface area contributed by atoms with Gasteiger partial charge in [-0.05, 0) is 55.7 Å². The molecule has 0 atom stereocenters. The molecule has 3 rings (SSSR count). The van der Waals surface area contributed by atoms with Gasteiger partial charge in [0.1, 0.15) is 5.82 Å². The predicted molar refractivity (Wildman–Crippen MR) is 85.7 cm³/mol. The molecule has 4 nitrogen and oxygen atoms in total. The fourth-order valence-electron chi connectivity index (χ4n) is 2.74. The van der Waals surface area contributed by atoms with Gasteiger partial charge in [0.05, 0.1) is 10.6 Å². The third-order valence-electron chi connectivity index (χ3n) is 3.97. The molecule has 0 spiro atoms. The average molecular weight is 333 g/mol. The summed E-state index contributed by atoms with van der Waals surface area (Å²) in [7, 11) is -3.78. The number of aryl methyl sites for hydroxylation is 1. The number of fused-ring (bicyclic) bond motifs is 1. The summed E-state index contributed by atoms with van der Waals surface area (Å²) >= 11 is 0. The van der Waals surface area contributed by atoms with Crippen molar-refractivity contribution in [1.82, 2.24) is 0 Å². The van der Waals surface area contributed by atoms with Crippen LogP contribution in [0.25, 0.3) is 0 Å². The third-order valence-corrected chi connectivity index (χ3v) is 5.80. The minimum Gasteiger partial charge on any atom is -0.295 e. The highest BCUT2D eigenvalue weighted by Gasteiger charge is 2.29. The van der Waals surface area contributed by atoms with Crippen LogP contribution in [-0.2, 0) is 16.4 Å². The number of nitrogens with zero attached hydrogens (tertiary/aromatic N) is 1. The highest BCUT2D eigenvalue weighted by atomic mass is 32.2. The largest absolute Gasteiger partial charge is 0.295 e. The van der Waals surface area contributed by atoms with E-state index in [9.17, 15) is 17.6 Å². The zero-order valence-corrected chi connectivity index (χ0v) is 13.4. The molecular formula is C17H16FNO3S. The van der Waals surface area contributed by atoms with Gasteiger partial charge in [-0.2, -0.15) is 0 Å². The van der Waals surface area contributed by atoms with Gasteiger partial charge in [0.25, 0.3) is 10.0 Å². The lowest BCUT2D eigenvalue weighted by atomic mass is 10.00. The fourth-order valence-corrected chi connectivity index (χ4v) is 4.28. The summed E-state index contributed by atoms with van der Waals surface area (Å²) in [6, 6.07) is 9.92. The molecule has 0 radical (unpaired) electrons. The molecule has 0 N–H and O–H groups in total. The van der Waals surface area contributed by atoms with E-state index in [1.54, 1.807) is 18.2 Å². The Kier molecular flexibility index (Phi) is 3.93. The zero-order valence-electron chi connectivity index (χ0n) is 12.6. The number of halogens is 1. The highest BCUT2D eigenvalue weighted by molar-refractivity contribution is 7.92. The van der Waals surface area contributed by atoms with E-state index in [-0.39, 0.29) is 10.7 Å². The number of sulfonamides is 1. The van der Waals surface area contributed by atoms with Gasteiger partial charge in [0.15, 0.2) is 5.78 Å². The SMILES string of the molecule is CC(=O)c1ccc2c(c1)N(S(=O)(=O)c1ccc(F)cc1)CCC2. The van der Waals surface area contributed by atoms with E-state index in [2.05, 4.69) is 0 Å². The van der Waals surface area contributed by atoms with Crippen LogP contribution in [-0.4, -0.2) is 20.7 Å². The van der Waals surface area contributed by atoms with Gasteiger partial charge in [0, 0.05) is 12.1 Å². The van der Waals surface area contributed by atoms with Crippen LogP contribution in [0.15, 0.2) is 47.4 Å². The van der Waals surface area contributed by atoms with Crippen molar-refractivity contribution in [2.45, 2.75) is 24.7 Å². The van der Waals surface area contributed by atoms with E-state index in [4.69, 9.17) is 0 Å². The normalized spacial score (nSPS) is 14.4. The minimum atomic E-state index is -3.78. The van der Waals surface area contributed by atoms with Crippen molar-refractivity contribution in [3.8, 4) is 0 Å². The summed E-state index contributed by atoms with van der Waals surface area (Å²) in [5.41, 5.74) is 1.91. The van der Waals surface area contributed by atoms with Crippen molar-refractivity contribution < 1.29 is 17.6 Å². The van der Waals surface area contributed by atoms with Crippen LogP contribution in [0.4, 0.5) is 10.1 Å². The minimum absolute atomic E-state index is 0.0416. The maximum Gasteiger partial charge on any atom is 0.264 e. The zero-order chi connectivity index (χ0) is 16.6. The van der Waals surface area contributed by atoms with Crippen LogP contribution in [0.2, 0.25) is 0 Å². The summed E-state index contributed by atoms with van der Waals surface area (Å²) in [4.78, 5) is 11.6. The molecule has 6 heteroatoms. The number of anilines is 1. The Morgan fingerprint density at radius 2 is 1.83 bits per heavy atom. The number of rotatable bonds is 3. The molecule has 0 amide bonds. The Hall–Kier alpha value is -2.21. The summed E-state index contributed by atoms with van der Waals surface area (Å²) in [6.45, 7) is 1.79. The predicted octanol–water partition coefficient (Wildman–Crippen LogP) is 3.17. The highest BCUT2D eigenvalue weighted by Crippen LogP contribution is 2.33. The van der Waals surface area contributed by atoms with Crippen LogP contribution in [0.5, 0.6) is 0 Å². The van der Waals surface area contributed by atoms with E-state index >= 15 is 0 Å². The van der Waals surface area contributed by atoms with Crippen molar-refractivity contribution in [2.75, 3.05) is 10.8 Å².